The summed E-state index contributed by atoms with van der Waals surface area (Å²) in [6, 6.07) is 2.65. The average Bonchev–Trinajstić information content (AvgIpc) is 2.36. The molecule has 0 amide bonds. The topological polar surface area (TPSA) is 34.1 Å². The first-order chi connectivity index (χ1) is 7.22. The molecule has 0 aromatic heterocycles. The molecule has 2 rings (SSSR count). The minimum atomic E-state index is -4.46. The third-order valence-corrected chi connectivity index (χ3v) is 4.00. The number of fused-ring (bicyclic) bond motifs is 1. The fourth-order valence-electron chi connectivity index (χ4n) is 1.62. The van der Waals surface area contributed by atoms with Crippen LogP contribution in [-0.4, -0.2) is 8.42 Å². The van der Waals surface area contributed by atoms with Crippen molar-refractivity contribution < 1.29 is 21.6 Å². The standard InChI is InChI=1S/C10H7F3O2S/c1-6-5-16(14,15)9-3-2-7(4-8(6)9)10(11,12)13/h2-5H,1H3. The highest BCUT2D eigenvalue weighted by Gasteiger charge is 2.33. The summed E-state index contributed by atoms with van der Waals surface area (Å²) in [6.07, 6.45) is -4.46. The number of benzene rings is 1. The van der Waals surface area contributed by atoms with E-state index in [2.05, 4.69) is 0 Å². The molecule has 86 valence electrons. The van der Waals surface area contributed by atoms with Crippen LogP contribution in [0.15, 0.2) is 28.5 Å². The third-order valence-electron chi connectivity index (χ3n) is 2.37. The highest BCUT2D eigenvalue weighted by atomic mass is 32.2. The molecule has 0 fully saturated rings. The van der Waals surface area contributed by atoms with Gasteiger partial charge in [-0.2, -0.15) is 13.2 Å². The Bertz CT molecular complexity index is 583. The number of alkyl halides is 3. The van der Waals surface area contributed by atoms with Gasteiger partial charge in [0.25, 0.3) is 0 Å². The second-order valence-electron chi connectivity index (χ2n) is 3.55. The van der Waals surface area contributed by atoms with Crippen molar-refractivity contribution in [2.75, 3.05) is 0 Å². The summed E-state index contributed by atoms with van der Waals surface area (Å²) in [5.74, 6) is 0. The summed E-state index contributed by atoms with van der Waals surface area (Å²) in [5.41, 5.74) is -0.368. The molecule has 1 aliphatic heterocycles. The fraction of sp³-hybridized carbons (Fsp3) is 0.200. The van der Waals surface area contributed by atoms with Crippen molar-refractivity contribution in [2.45, 2.75) is 18.0 Å². The minimum absolute atomic E-state index is 0.0574. The van der Waals surface area contributed by atoms with Gasteiger partial charge in [-0.3, -0.25) is 0 Å². The highest BCUT2D eigenvalue weighted by Crippen LogP contribution is 2.37. The zero-order valence-corrected chi connectivity index (χ0v) is 8.98. The zero-order valence-electron chi connectivity index (χ0n) is 8.17. The lowest BCUT2D eigenvalue weighted by Gasteiger charge is -2.08. The first-order valence-corrected chi connectivity index (χ1v) is 5.91. The summed E-state index contributed by atoms with van der Waals surface area (Å²) in [6.45, 7) is 1.48. The van der Waals surface area contributed by atoms with Gasteiger partial charge >= 0.3 is 6.18 Å². The molecule has 0 bridgehead atoms. The van der Waals surface area contributed by atoms with Gasteiger partial charge in [0.15, 0.2) is 0 Å². The van der Waals surface area contributed by atoms with Gasteiger partial charge in [-0.1, -0.05) is 0 Å². The molecule has 2 nitrogen and oxygen atoms in total. The predicted octanol–water partition coefficient (Wildman–Crippen LogP) is 2.85. The first-order valence-electron chi connectivity index (χ1n) is 4.37. The highest BCUT2D eigenvalue weighted by molar-refractivity contribution is 7.95. The quantitative estimate of drug-likeness (QED) is 0.707. The molecule has 0 aliphatic carbocycles. The predicted molar refractivity (Wildman–Crippen MR) is 52.3 cm³/mol. The zero-order chi connectivity index (χ0) is 12.1. The molecular weight excluding hydrogens is 241 g/mol. The van der Waals surface area contributed by atoms with Gasteiger partial charge in [0.2, 0.25) is 9.84 Å². The van der Waals surface area contributed by atoms with Crippen LogP contribution in [0.5, 0.6) is 0 Å². The molecule has 0 atom stereocenters. The average molecular weight is 248 g/mol. The molecule has 0 spiro atoms. The van der Waals surface area contributed by atoms with E-state index in [0.29, 0.717) is 5.57 Å². The Hall–Kier alpha value is -1.30. The molecule has 6 heteroatoms. The van der Waals surface area contributed by atoms with E-state index in [9.17, 15) is 21.6 Å². The number of allylic oxidation sites excluding steroid dienone is 1. The maximum absolute atomic E-state index is 12.4. The lowest BCUT2D eigenvalue weighted by Crippen LogP contribution is -2.06. The number of halogens is 3. The van der Waals surface area contributed by atoms with Crippen molar-refractivity contribution in [1.29, 1.82) is 0 Å². The Balaban J connectivity index is 2.68. The minimum Gasteiger partial charge on any atom is -0.219 e. The number of rotatable bonds is 0. The van der Waals surface area contributed by atoms with Crippen LogP contribution in [0.1, 0.15) is 18.1 Å². The number of hydrogen-bond donors (Lipinski definition) is 0. The van der Waals surface area contributed by atoms with Crippen LogP contribution in [0.4, 0.5) is 13.2 Å². The van der Waals surface area contributed by atoms with Gasteiger partial charge < -0.3 is 0 Å². The van der Waals surface area contributed by atoms with Crippen molar-refractivity contribution in [3.63, 3.8) is 0 Å². The molecule has 0 unspecified atom stereocenters. The normalized spacial score (nSPS) is 18.1. The molecule has 0 radical (unpaired) electrons. The number of hydrogen-bond acceptors (Lipinski definition) is 2. The molecule has 0 N–H and O–H groups in total. The molecule has 1 aliphatic rings. The smallest absolute Gasteiger partial charge is 0.219 e. The second kappa shape index (κ2) is 3.10. The largest absolute Gasteiger partial charge is 0.416 e. The van der Waals surface area contributed by atoms with Crippen LogP contribution in [0, 0.1) is 0 Å². The van der Waals surface area contributed by atoms with E-state index in [4.69, 9.17) is 0 Å². The van der Waals surface area contributed by atoms with Crippen LogP contribution in [0.25, 0.3) is 5.57 Å². The molecule has 0 saturated carbocycles. The lowest BCUT2D eigenvalue weighted by atomic mass is 10.1. The van der Waals surface area contributed by atoms with Crippen LogP contribution in [0.3, 0.4) is 0 Å². The second-order valence-corrected chi connectivity index (χ2v) is 5.32. The lowest BCUT2D eigenvalue weighted by molar-refractivity contribution is -0.137. The van der Waals surface area contributed by atoms with Gasteiger partial charge in [-0.15, -0.1) is 0 Å². The van der Waals surface area contributed by atoms with Crippen LogP contribution in [0.2, 0.25) is 0 Å². The summed E-state index contributed by atoms with van der Waals surface area (Å²) in [5, 5.41) is 0.984. The third kappa shape index (κ3) is 1.63. The molecule has 1 heterocycles. The molecule has 1 aromatic carbocycles. The summed E-state index contributed by atoms with van der Waals surface area (Å²) >= 11 is 0. The van der Waals surface area contributed by atoms with E-state index in [0.717, 1.165) is 23.6 Å². The van der Waals surface area contributed by atoms with E-state index in [-0.39, 0.29) is 10.5 Å². The Kier molecular flexibility index (Phi) is 2.17. The summed E-state index contributed by atoms with van der Waals surface area (Å²) in [4.78, 5) is -0.0574. The Morgan fingerprint density at radius 2 is 1.81 bits per heavy atom. The van der Waals surface area contributed by atoms with Crippen molar-refractivity contribution in [3.05, 3.63) is 34.7 Å². The number of sulfone groups is 1. The van der Waals surface area contributed by atoms with E-state index in [1.165, 1.54) is 6.92 Å². The van der Waals surface area contributed by atoms with E-state index < -0.39 is 21.6 Å². The molecular formula is C10H7F3O2S. The van der Waals surface area contributed by atoms with E-state index >= 15 is 0 Å². The van der Waals surface area contributed by atoms with E-state index in [1.807, 2.05) is 0 Å². The van der Waals surface area contributed by atoms with Crippen LogP contribution < -0.4 is 0 Å². The van der Waals surface area contributed by atoms with Gasteiger partial charge in [-0.05, 0) is 36.3 Å². The Morgan fingerprint density at radius 1 is 1.19 bits per heavy atom. The SMILES string of the molecule is CC1=CS(=O)(=O)c2ccc(C(F)(F)F)cc21. The maximum atomic E-state index is 12.4. The van der Waals surface area contributed by atoms with Gasteiger partial charge in [0.1, 0.15) is 0 Å². The van der Waals surface area contributed by atoms with E-state index in [1.54, 1.807) is 0 Å². The maximum Gasteiger partial charge on any atom is 0.416 e. The summed E-state index contributed by atoms with van der Waals surface area (Å²) < 4.78 is 60.2. The van der Waals surface area contributed by atoms with Crippen LogP contribution >= 0.6 is 0 Å². The molecule has 1 aromatic rings. The van der Waals surface area contributed by atoms with Gasteiger partial charge in [-0.25, -0.2) is 8.42 Å². The van der Waals surface area contributed by atoms with Crippen molar-refractivity contribution in [3.8, 4) is 0 Å². The first kappa shape index (κ1) is 11.2. The van der Waals surface area contributed by atoms with Crippen LogP contribution in [-0.2, 0) is 16.0 Å². The fourth-order valence-corrected chi connectivity index (χ4v) is 3.13. The van der Waals surface area contributed by atoms with Crippen molar-refractivity contribution in [1.82, 2.24) is 0 Å². The van der Waals surface area contributed by atoms with Crippen molar-refractivity contribution >= 4 is 15.4 Å². The monoisotopic (exact) mass is 248 g/mol. The Labute approximate surface area is 90.3 Å². The molecule has 0 saturated heterocycles. The van der Waals surface area contributed by atoms with Gasteiger partial charge in [0.05, 0.1) is 10.5 Å². The van der Waals surface area contributed by atoms with Gasteiger partial charge in [0, 0.05) is 5.41 Å². The van der Waals surface area contributed by atoms with Crippen molar-refractivity contribution in [2.24, 2.45) is 0 Å². The Morgan fingerprint density at radius 3 is 2.38 bits per heavy atom. The molecule has 16 heavy (non-hydrogen) atoms. The summed E-state index contributed by atoms with van der Waals surface area (Å²) in [7, 11) is -3.55.